The van der Waals surface area contributed by atoms with E-state index in [2.05, 4.69) is 39.5 Å². The zero-order chi connectivity index (χ0) is 17.8. The molecule has 3 heterocycles. The Kier molecular flexibility index (Phi) is 5.18. The van der Waals surface area contributed by atoms with Gasteiger partial charge in [0.25, 0.3) is 5.91 Å². The average Bonchev–Trinajstić information content (AvgIpc) is 3.26. The molecule has 25 heavy (non-hydrogen) atoms. The number of amides is 1. The summed E-state index contributed by atoms with van der Waals surface area (Å²) < 4.78 is 5.39. The molecule has 3 rings (SSSR count). The minimum Gasteiger partial charge on any atom is -0.340 e. The molecule has 8 heteroatoms. The molecular weight excluding hydrogens is 338 g/mol. The second kappa shape index (κ2) is 7.52. The zero-order valence-corrected chi connectivity index (χ0v) is 15.1. The lowest BCUT2D eigenvalue weighted by molar-refractivity contribution is 0.0926. The van der Waals surface area contributed by atoms with Crippen molar-refractivity contribution in [2.45, 2.75) is 33.2 Å². The van der Waals surface area contributed by atoms with Gasteiger partial charge in [0.15, 0.2) is 0 Å². The Balaban J connectivity index is 1.81. The van der Waals surface area contributed by atoms with E-state index in [0.29, 0.717) is 34.6 Å². The number of hydrogen-bond acceptors (Lipinski definition) is 7. The van der Waals surface area contributed by atoms with E-state index in [-0.39, 0.29) is 11.9 Å². The fourth-order valence-corrected chi connectivity index (χ4v) is 2.96. The van der Waals surface area contributed by atoms with Crippen LogP contribution in [0.3, 0.4) is 0 Å². The SMILES string of the molecule is Cc1ccc(-c2noc(C(CC(C)C)NC(=O)c3cccs3)n2)nn1. The van der Waals surface area contributed by atoms with E-state index in [1.165, 1.54) is 11.3 Å². The summed E-state index contributed by atoms with van der Waals surface area (Å²) in [7, 11) is 0. The van der Waals surface area contributed by atoms with Crippen LogP contribution in [-0.4, -0.2) is 26.2 Å². The number of aryl methyl sites for hydroxylation is 1. The molecule has 0 spiro atoms. The predicted octanol–water partition coefficient (Wildman–Crippen LogP) is 3.41. The lowest BCUT2D eigenvalue weighted by Crippen LogP contribution is -2.29. The Labute approximate surface area is 149 Å². The van der Waals surface area contributed by atoms with Crippen molar-refractivity contribution in [3.8, 4) is 11.5 Å². The topological polar surface area (TPSA) is 93.8 Å². The van der Waals surface area contributed by atoms with Gasteiger partial charge in [0, 0.05) is 0 Å². The molecular formula is C17H19N5O2S. The van der Waals surface area contributed by atoms with Crippen molar-refractivity contribution < 1.29 is 9.32 Å². The van der Waals surface area contributed by atoms with Crippen LogP contribution in [0, 0.1) is 12.8 Å². The molecule has 0 saturated carbocycles. The summed E-state index contributed by atoms with van der Waals surface area (Å²) in [6.07, 6.45) is 0.693. The summed E-state index contributed by atoms with van der Waals surface area (Å²) in [5, 5.41) is 16.9. The van der Waals surface area contributed by atoms with E-state index in [9.17, 15) is 4.79 Å². The van der Waals surface area contributed by atoms with Crippen molar-refractivity contribution in [2.24, 2.45) is 5.92 Å². The zero-order valence-electron chi connectivity index (χ0n) is 14.3. The normalized spacial score (nSPS) is 12.3. The maximum atomic E-state index is 12.4. The van der Waals surface area contributed by atoms with E-state index in [1.54, 1.807) is 12.1 Å². The lowest BCUT2D eigenvalue weighted by Gasteiger charge is -2.16. The van der Waals surface area contributed by atoms with Crippen molar-refractivity contribution in [1.29, 1.82) is 0 Å². The van der Waals surface area contributed by atoms with E-state index in [4.69, 9.17) is 4.52 Å². The van der Waals surface area contributed by atoms with E-state index in [1.807, 2.05) is 24.4 Å². The van der Waals surface area contributed by atoms with Gasteiger partial charge in [-0.3, -0.25) is 4.79 Å². The van der Waals surface area contributed by atoms with Crippen LogP contribution in [-0.2, 0) is 0 Å². The van der Waals surface area contributed by atoms with Gasteiger partial charge in [-0.2, -0.15) is 10.1 Å². The first-order valence-corrected chi connectivity index (χ1v) is 8.89. The summed E-state index contributed by atoms with van der Waals surface area (Å²) in [4.78, 5) is 17.4. The van der Waals surface area contributed by atoms with Crippen molar-refractivity contribution in [2.75, 3.05) is 0 Å². The second-order valence-electron chi connectivity index (χ2n) is 6.15. The summed E-state index contributed by atoms with van der Waals surface area (Å²) in [5.41, 5.74) is 1.35. The Morgan fingerprint density at radius 1 is 1.28 bits per heavy atom. The molecule has 1 amide bonds. The molecule has 0 fully saturated rings. The molecule has 3 aromatic rings. The highest BCUT2D eigenvalue weighted by Gasteiger charge is 2.24. The van der Waals surface area contributed by atoms with Crippen molar-refractivity contribution in [3.05, 3.63) is 46.1 Å². The largest absolute Gasteiger partial charge is 0.340 e. The third-order valence-electron chi connectivity index (χ3n) is 3.52. The molecule has 0 saturated heterocycles. The Morgan fingerprint density at radius 2 is 2.12 bits per heavy atom. The minimum atomic E-state index is -0.353. The standard InChI is InChI=1S/C17H19N5O2S/c1-10(2)9-13(18-16(23)14-5-4-8-25-14)17-19-15(22-24-17)12-7-6-11(3)20-21-12/h4-8,10,13H,9H2,1-3H3,(H,18,23). The van der Waals surface area contributed by atoms with Gasteiger partial charge < -0.3 is 9.84 Å². The Morgan fingerprint density at radius 3 is 2.76 bits per heavy atom. The number of rotatable bonds is 6. The van der Waals surface area contributed by atoms with Crippen LogP contribution in [0.25, 0.3) is 11.5 Å². The molecule has 7 nitrogen and oxygen atoms in total. The first-order valence-electron chi connectivity index (χ1n) is 8.01. The molecule has 0 aromatic carbocycles. The smallest absolute Gasteiger partial charge is 0.261 e. The Bertz CT molecular complexity index is 827. The molecule has 3 aromatic heterocycles. The second-order valence-corrected chi connectivity index (χ2v) is 7.10. The van der Waals surface area contributed by atoms with Crippen molar-refractivity contribution in [1.82, 2.24) is 25.7 Å². The van der Waals surface area contributed by atoms with Crippen molar-refractivity contribution >= 4 is 17.2 Å². The molecule has 0 aliphatic rings. The van der Waals surface area contributed by atoms with Gasteiger partial charge in [-0.25, -0.2) is 0 Å². The number of nitrogens with zero attached hydrogens (tertiary/aromatic N) is 4. The first kappa shape index (κ1) is 17.2. The van der Waals surface area contributed by atoms with Gasteiger partial charge in [0.2, 0.25) is 11.7 Å². The number of thiophene rings is 1. The van der Waals surface area contributed by atoms with Crippen LogP contribution in [0.4, 0.5) is 0 Å². The van der Waals surface area contributed by atoms with Crippen LogP contribution < -0.4 is 5.32 Å². The summed E-state index contributed by atoms with van der Waals surface area (Å²) in [5.74, 6) is 0.941. The van der Waals surface area contributed by atoms with E-state index >= 15 is 0 Å². The maximum absolute atomic E-state index is 12.4. The molecule has 130 valence electrons. The summed E-state index contributed by atoms with van der Waals surface area (Å²) >= 11 is 1.39. The van der Waals surface area contributed by atoms with Gasteiger partial charge in [-0.1, -0.05) is 25.1 Å². The first-order chi connectivity index (χ1) is 12.0. The van der Waals surface area contributed by atoms with E-state index < -0.39 is 0 Å². The van der Waals surface area contributed by atoms with E-state index in [0.717, 1.165) is 5.69 Å². The molecule has 0 aliphatic carbocycles. The van der Waals surface area contributed by atoms with Crippen LogP contribution in [0.15, 0.2) is 34.2 Å². The number of hydrogen-bond donors (Lipinski definition) is 1. The molecule has 1 N–H and O–H groups in total. The number of nitrogens with one attached hydrogen (secondary N) is 1. The fourth-order valence-electron chi connectivity index (χ4n) is 2.33. The highest BCUT2D eigenvalue weighted by Crippen LogP contribution is 2.23. The van der Waals surface area contributed by atoms with Gasteiger partial charge in [-0.15, -0.1) is 16.4 Å². The minimum absolute atomic E-state index is 0.143. The number of carbonyl (C=O) groups is 1. The van der Waals surface area contributed by atoms with Gasteiger partial charge in [0.05, 0.1) is 10.6 Å². The number of aromatic nitrogens is 4. The molecule has 1 atom stereocenters. The molecule has 0 bridgehead atoms. The van der Waals surface area contributed by atoms with Gasteiger partial charge in [0.1, 0.15) is 11.7 Å². The van der Waals surface area contributed by atoms with Crippen molar-refractivity contribution in [3.63, 3.8) is 0 Å². The van der Waals surface area contributed by atoms with Crippen LogP contribution in [0.5, 0.6) is 0 Å². The fraction of sp³-hybridized carbons (Fsp3) is 0.353. The van der Waals surface area contributed by atoms with Gasteiger partial charge in [-0.05, 0) is 42.8 Å². The molecule has 0 radical (unpaired) electrons. The predicted molar refractivity (Wildman–Crippen MR) is 94.0 cm³/mol. The highest BCUT2D eigenvalue weighted by molar-refractivity contribution is 7.12. The maximum Gasteiger partial charge on any atom is 0.261 e. The number of carbonyl (C=O) groups excluding carboxylic acids is 1. The molecule has 0 aliphatic heterocycles. The van der Waals surface area contributed by atoms with Crippen LogP contribution in [0.1, 0.15) is 47.6 Å². The quantitative estimate of drug-likeness (QED) is 0.726. The van der Waals surface area contributed by atoms with Crippen LogP contribution >= 0.6 is 11.3 Å². The summed E-state index contributed by atoms with van der Waals surface area (Å²) in [6.45, 7) is 6.01. The Hall–Kier alpha value is -2.61. The lowest BCUT2D eigenvalue weighted by atomic mass is 10.0. The van der Waals surface area contributed by atoms with Crippen LogP contribution in [0.2, 0.25) is 0 Å². The highest BCUT2D eigenvalue weighted by atomic mass is 32.1. The monoisotopic (exact) mass is 357 g/mol. The summed E-state index contributed by atoms with van der Waals surface area (Å²) in [6, 6.07) is 6.90. The third kappa shape index (κ3) is 4.27. The van der Waals surface area contributed by atoms with Gasteiger partial charge >= 0.3 is 0 Å². The molecule has 1 unspecified atom stereocenters. The average molecular weight is 357 g/mol. The third-order valence-corrected chi connectivity index (χ3v) is 4.39.